The molecular weight excluding hydrogens is 190 g/mol. The van der Waals surface area contributed by atoms with Crippen LogP contribution in [0.1, 0.15) is 17.5 Å². The molecule has 3 heteroatoms. The first-order chi connectivity index (χ1) is 7.35. The fourth-order valence-electron chi connectivity index (χ4n) is 2.18. The van der Waals surface area contributed by atoms with Crippen molar-refractivity contribution in [1.82, 2.24) is 5.32 Å². The zero-order chi connectivity index (χ0) is 10.7. The van der Waals surface area contributed by atoms with Gasteiger partial charge in [0.25, 0.3) is 0 Å². The summed E-state index contributed by atoms with van der Waals surface area (Å²) in [7, 11) is 1.69. The quantitative estimate of drug-likeness (QED) is 0.755. The van der Waals surface area contributed by atoms with E-state index in [4.69, 9.17) is 4.74 Å². The van der Waals surface area contributed by atoms with Gasteiger partial charge in [-0.3, -0.25) is 4.79 Å². The van der Waals surface area contributed by atoms with Gasteiger partial charge in [-0.25, -0.2) is 0 Å². The SMILES string of the molecule is COc1cccc2c1C[C@@H](NC=O)CC2. The number of rotatable bonds is 3. The normalized spacial score (nSPS) is 19.1. The second-order valence-corrected chi connectivity index (χ2v) is 3.82. The highest BCUT2D eigenvalue weighted by Gasteiger charge is 2.20. The number of amides is 1. The molecule has 2 rings (SSSR count). The summed E-state index contributed by atoms with van der Waals surface area (Å²) in [6, 6.07) is 6.38. The molecule has 0 aliphatic heterocycles. The molecule has 0 radical (unpaired) electrons. The Morgan fingerprint density at radius 2 is 2.40 bits per heavy atom. The van der Waals surface area contributed by atoms with Gasteiger partial charge >= 0.3 is 0 Å². The highest BCUT2D eigenvalue weighted by molar-refractivity contribution is 5.48. The van der Waals surface area contributed by atoms with Crippen molar-refractivity contribution in [3.05, 3.63) is 29.3 Å². The van der Waals surface area contributed by atoms with Crippen LogP contribution in [0, 0.1) is 0 Å². The van der Waals surface area contributed by atoms with E-state index >= 15 is 0 Å². The molecule has 1 N–H and O–H groups in total. The third kappa shape index (κ3) is 1.96. The van der Waals surface area contributed by atoms with Crippen LogP contribution < -0.4 is 10.1 Å². The Morgan fingerprint density at radius 3 is 3.13 bits per heavy atom. The summed E-state index contributed by atoms with van der Waals surface area (Å²) in [5.41, 5.74) is 2.59. The molecule has 1 aliphatic carbocycles. The minimum Gasteiger partial charge on any atom is -0.496 e. The van der Waals surface area contributed by atoms with E-state index in [1.165, 1.54) is 11.1 Å². The van der Waals surface area contributed by atoms with Crippen molar-refractivity contribution in [3.8, 4) is 5.75 Å². The summed E-state index contributed by atoms with van der Waals surface area (Å²) in [5.74, 6) is 0.935. The number of ether oxygens (including phenoxy) is 1. The van der Waals surface area contributed by atoms with Crippen LogP contribution in [0.2, 0.25) is 0 Å². The van der Waals surface area contributed by atoms with Gasteiger partial charge in [0.15, 0.2) is 0 Å². The van der Waals surface area contributed by atoms with E-state index in [-0.39, 0.29) is 6.04 Å². The number of benzene rings is 1. The Hall–Kier alpha value is -1.51. The van der Waals surface area contributed by atoms with Gasteiger partial charge in [0.05, 0.1) is 7.11 Å². The lowest BCUT2D eigenvalue weighted by molar-refractivity contribution is -0.110. The maximum absolute atomic E-state index is 10.4. The number of aryl methyl sites for hydroxylation is 1. The molecule has 80 valence electrons. The molecule has 3 nitrogen and oxygen atoms in total. The topological polar surface area (TPSA) is 38.3 Å². The minimum absolute atomic E-state index is 0.256. The van der Waals surface area contributed by atoms with E-state index in [0.717, 1.165) is 31.4 Å². The summed E-state index contributed by atoms with van der Waals surface area (Å²) in [6.07, 6.45) is 3.68. The first-order valence-electron chi connectivity index (χ1n) is 5.19. The van der Waals surface area contributed by atoms with Gasteiger partial charge in [-0.2, -0.15) is 0 Å². The predicted octanol–water partition coefficient (Wildman–Crippen LogP) is 1.30. The second-order valence-electron chi connectivity index (χ2n) is 3.82. The summed E-state index contributed by atoms with van der Waals surface area (Å²) in [6.45, 7) is 0. The molecule has 0 saturated carbocycles. The summed E-state index contributed by atoms with van der Waals surface area (Å²) in [4.78, 5) is 10.4. The summed E-state index contributed by atoms with van der Waals surface area (Å²) in [5, 5.41) is 2.84. The van der Waals surface area contributed by atoms with Crippen LogP contribution in [0.4, 0.5) is 0 Å². The summed E-state index contributed by atoms with van der Waals surface area (Å²) < 4.78 is 5.32. The van der Waals surface area contributed by atoms with Crippen LogP contribution in [0.15, 0.2) is 18.2 Å². The van der Waals surface area contributed by atoms with Crippen molar-refractivity contribution in [2.24, 2.45) is 0 Å². The number of carbonyl (C=O) groups excluding carboxylic acids is 1. The Bertz CT molecular complexity index is 348. The van der Waals surface area contributed by atoms with Gasteiger partial charge in [-0.05, 0) is 36.5 Å². The lowest BCUT2D eigenvalue weighted by Gasteiger charge is -2.25. The molecule has 0 unspecified atom stereocenters. The molecule has 0 heterocycles. The molecule has 1 aromatic carbocycles. The monoisotopic (exact) mass is 205 g/mol. The van der Waals surface area contributed by atoms with E-state index in [9.17, 15) is 4.79 Å². The van der Waals surface area contributed by atoms with Crippen molar-refractivity contribution in [3.63, 3.8) is 0 Å². The smallest absolute Gasteiger partial charge is 0.207 e. The number of hydrogen-bond acceptors (Lipinski definition) is 2. The van der Waals surface area contributed by atoms with Gasteiger partial charge < -0.3 is 10.1 Å². The zero-order valence-electron chi connectivity index (χ0n) is 8.82. The number of hydrogen-bond donors (Lipinski definition) is 1. The van der Waals surface area contributed by atoms with Crippen molar-refractivity contribution < 1.29 is 9.53 Å². The van der Waals surface area contributed by atoms with Crippen LogP contribution in [0.25, 0.3) is 0 Å². The Labute approximate surface area is 89.4 Å². The molecule has 1 aromatic rings. The molecule has 0 bridgehead atoms. The van der Waals surface area contributed by atoms with Gasteiger partial charge in [-0.15, -0.1) is 0 Å². The number of carbonyl (C=O) groups is 1. The van der Waals surface area contributed by atoms with Gasteiger partial charge in [-0.1, -0.05) is 12.1 Å². The van der Waals surface area contributed by atoms with E-state index in [1.807, 2.05) is 12.1 Å². The highest BCUT2D eigenvalue weighted by atomic mass is 16.5. The van der Waals surface area contributed by atoms with Crippen molar-refractivity contribution >= 4 is 6.41 Å². The van der Waals surface area contributed by atoms with Crippen molar-refractivity contribution in [2.45, 2.75) is 25.3 Å². The van der Waals surface area contributed by atoms with Gasteiger partial charge in [0, 0.05) is 6.04 Å². The average molecular weight is 205 g/mol. The molecule has 0 aromatic heterocycles. The lowest BCUT2D eigenvalue weighted by atomic mass is 9.88. The molecular formula is C12H15NO2. The Kier molecular flexibility index (Phi) is 2.90. The van der Waals surface area contributed by atoms with Crippen LogP contribution in [-0.4, -0.2) is 19.6 Å². The molecule has 1 atom stereocenters. The fraction of sp³-hybridized carbons (Fsp3) is 0.417. The third-order valence-electron chi connectivity index (χ3n) is 2.97. The fourth-order valence-corrected chi connectivity index (χ4v) is 2.18. The molecule has 0 spiro atoms. The zero-order valence-corrected chi connectivity index (χ0v) is 8.82. The maximum atomic E-state index is 10.4. The molecule has 1 aliphatic rings. The van der Waals surface area contributed by atoms with Crippen LogP contribution in [0.3, 0.4) is 0 Å². The van der Waals surface area contributed by atoms with E-state index in [0.29, 0.717) is 0 Å². The van der Waals surface area contributed by atoms with E-state index < -0.39 is 0 Å². The molecule has 15 heavy (non-hydrogen) atoms. The summed E-state index contributed by atoms with van der Waals surface area (Å²) >= 11 is 0. The van der Waals surface area contributed by atoms with E-state index in [1.54, 1.807) is 7.11 Å². The number of methoxy groups -OCH3 is 1. The van der Waals surface area contributed by atoms with E-state index in [2.05, 4.69) is 11.4 Å². The Balaban J connectivity index is 2.26. The first kappa shape index (κ1) is 10.0. The standard InChI is InChI=1S/C12H15NO2/c1-15-12-4-2-3-9-5-6-10(13-8-14)7-11(9)12/h2-4,8,10H,5-7H2,1H3,(H,13,14)/t10-/m0/s1. The first-order valence-corrected chi connectivity index (χ1v) is 5.19. The minimum atomic E-state index is 0.256. The molecule has 1 amide bonds. The van der Waals surface area contributed by atoms with Gasteiger partial charge in [0.1, 0.15) is 5.75 Å². The largest absolute Gasteiger partial charge is 0.496 e. The maximum Gasteiger partial charge on any atom is 0.207 e. The number of nitrogens with one attached hydrogen (secondary N) is 1. The average Bonchev–Trinajstić information content (AvgIpc) is 2.28. The van der Waals surface area contributed by atoms with Crippen LogP contribution in [0.5, 0.6) is 5.75 Å². The van der Waals surface area contributed by atoms with Gasteiger partial charge in [0.2, 0.25) is 6.41 Å². The predicted molar refractivity (Wildman–Crippen MR) is 58.0 cm³/mol. The Morgan fingerprint density at radius 1 is 1.53 bits per heavy atom. The van der Waals surface area contributed by atoms with Crippen molar-refractivity contribution in [2.75, 3.05) is 7.11 Å². The highest BCUT2D eigenvalue weighted by Crippen LogP contribution is 2.29. The lowest BCUT2D eigenvalue weighted by Crippen LogP contribution is -2.33. The third-order valence-corrected chi connectivity index (χ3v) is 2.97. The number of fused-ring (bicyclic) bond motifs is 1. The van der Waals surface area contributed by atoms with Crippen LogP contribution in [-0.2, 0) is 17.6 Å². The second kappa shape index (κ2) is 4.34. The van der Waals surface area contributed by atoms with Crippen molar-refractivity contribution in [1.29, 1.82) is 0 Å². The molecule has 0 saturated heterocycles. The molecule has 0 fully saturated rings. The van der Waals surface area contributed by atoms with Crippen LogP contribution >= 0.6 is 0 Å².